The maximum Gasteiger partial charge on any atom is 0.317 e. The van der Waals surface area contributed by atoms with Crippen LogP contribution in [0, 0.1) is 5.92 Å². The molecule has 5 heteroatoms. The molecule has 1 aromatic rings. The van der Waals surface area contributed by atoms with Gasteiger partial charge in [0, 0.05) is 32.8 Å². The number of hydrogen-bond donors (Lipinski definition) is 1. The minimum atomic E-state index is 0.0690. The summed E-state index contributed by atoms with van der Waals surface area (Å²) in [6.07, 6.45) is 3.23. The molecule has 2 aliphatic rings. The molecule has 2 fully saturated rings. The van der Waals surface area contributed by atoms with E-state index in [4.69, 9.17) is 4.74 Å². The molecule has 2 amide bonds. The van der Waals surface area contributed by atoms with Gasteiger partial charge in [-0.15, -0.1) is 0 Å². The molecule has 0 aliphatic carbocycles. The first kappa shape index (κ1) is 18.2. The second kappa shape index (κ2) is 9.20. The molecule has 1 N–H and O–H groups in total. The van der Waals surface area contributed by atoms with Crippen LogP contribution in [0.2, 0.25) is 0 Å². The van der Waals surface area contributed by atoms with Gasteiger partial charge in [0.1, 0.15) is 0 Å². The third kappa shape index (κ3) is 5.44. The third-order valence-corrected chi connectivity index (χ3v) is 5.25. The second-order valence-corrected chi connectivity index (χ2v) is 7.28. The van der Waals surface area contributed by atoms with E-state index in [2.05, 4.69) is 47.5 Å². The first-order valence-electron chi connectivity index (χ1n) is 9.64. The number of benzene rings is 1. The lowest BCUT2D eigenvalue weighted by molar-refractivity contribution is 0.0704. The standard InChI is InChI=1S/C20H31N3O2/c1-2-23(20(24)21-19-9-6-12-25-16-19)15-18-10-11-22(14-18)13-17-7-4-3-5-8-17/h3-5,7-8,18-19H,2,6,9-16H2,1H3,(H,21,24)/t18-,19-/m0/s1. The van der Waals surface area contributed by atoms with E-state index in [1.54, 1.807) is 0 Å². The number of carbonyl (C=O) groups is 1. The predicted octanol–water partition coefficient (Wildman–Crippen LogP) is 2.72. The Morgan fingerprint density at radius 3 is 2.88 bits per heavy atom. The summed E-state index contributed by atoms with van der Waals surface area (Å²) in [5.41, 5.74) is 1.37. The van der Waals surface area contributed by atoms with Gasteiger partial charge in [-0.25, -0.2) is 4.79 Å². The summed E-state index contributed by atoms with van der Waals surface area (Å²) >= 11 is 0. The van der Waals surface area contributed by atoms with Gasteiger partial charge in [0.2, 0.25) is 0 Å². The van der Waals surface area contributed by atoms with Crippen LogP contribution in [0.5, 0.6) is 0 Å². The first-order valence-corrected chi connectivity index (χ1v) is 9.64. The van der Waals surface area contributed by atoms with Crippen molar-refractivity contribution < 1.29 is 9.53 Å². The van der Waals surface area contributed by atoms with Crippen LogP contribution >= 0.6 is 0 Å². The molecule has 2 aliphatic heterocycles. The van der Waals surface area contributed by atoms with Gasteiger partial charge in [0.25, 0.3) is 0 Å². The zero-order valence-corrected chi connectivity index (χ0v) is 15.3. The molecular weight excluding hydrogens is 314 g/mol. The SMILES string of the molecule is CCN(C[C@H]1CCN(Cc2ccccc2)C1)C(=O)N[C@H]1CCCOC1. The van der Waals surface area contributed by atoms with Gasteiger partial charge in [-0.05, 0) is 44.2 Å². The van der Waals surface area contributed by atoms with Crippen LogP contribution in [0.4, 0.5) is 4.79 Å². The highest BCUT2D eigenvalue weighted by molar-refractivity contribution is 5.74. The van der Waals surface area contributed by atoms with E-state index in [0.717, 1.165) is 52.2 Å². The molecule has 0 spiro atoms. The van der Waals surface area contributed by atoms with Gasteiger partial charge >= 0.3 is 6.03 Å². The quantitative estimate of drug-likeness (QED) is 0.862. The van der Waals surface area contributed by atoms with Crippen LogP contribution in [-0.2, 0) is 11.3 Å². The lowest BCUT2D eigenvalue weighted by Gasteiger charge is -2.29. The Hall–Kier alpha value is -1.59. The summed E-state index contributed by atoms with van der Waals surface area (Å²) in [6.45, 7) is 8.35. The van der Waals surface area contributed by atoms with Crippen LogP contribution in [0.1, 0.15) is 31.7 Å². The number of nitrogens with zero attached hydrogens (tertiary/aromatic N) is 2. The summed E-state index contributed by atoms with van der Waals surface area (Å²) in [5.74, 6) is 0.567. The van der Waals surface area contributed by atoms with E-state index >= 15 is 0 Å². The number of nitrogens with one attached hydrogen (secondary N) is 1. The number of ether oxygens (including phenoxy) is 1. The Labute approximate surface area is 151 Å². The minimum absolute atomic E-state index is 0.0690. The molecule has 3 rings (SSSR count). The van der Waals surface area contributed by atoms with Crippen molar-refractivity contribution >= 4 is 6.03 Å². The van der Waals surface area contributed by atoms with Crippen molar-refractivity contribution in [1.29, 1.82) is 0 Å². The van der Waals surface area contributed by atoms with Crippen molar-refractivity contribution in [2.24, 2.45) is 5.92 Å². The molecule has 0 bridgehead atoms. The van der Waals surface area contributed by atoms with Crippen LogP contribution in [-0.4, -0.2) is 61.3 Å². The van der Waals surface area contributed by atoms with E-state index < -0.39 is 0 Å². The van der Waals surface area contributed by atoms with Gasteiger partial charge in [0.15, 0.2) is 0 Å². The Balaban J connectivity index is 1.44. The molecule has 2 heterocycles. The number of carbonyl (C=O) groups excluding carboxylic acids is 1. The zero-order valence-electron chi connectivity index (χ0n) is 15.3. The van der Waals surface area contributed by atoms with Crippen molar-refractivity contribution in [2.45, 2.75) is 38.8 Å². The average molecular weight is 345 g/mol. The third-order valence-electron chi connectivity index (χ3n) is 5.25. The number of urea groups is 1. The van der Waals surface area contributed by atoms with Crippen molar-refractivity contribution in [3.8, 4) is 0 Å². The normalized spacial score (nSPS) is 24.2. The Kier molecular flexibility index (Phi) is 6.70. The highest BCUT2D eigenvalue weighted by Gasteiger charge is 2.27. The van der Waals surface area contributed by atoms with Crippen molar-refractivity contribution in [2.75, 3.05) is 39.4 Å². The molecule has 2 atom stereocenters. The average Bonchev–Trinajstić information content (AvgIpc) is 3.08. The Bertz CT molecular complexity index is 531. The maximum atomic E-state index is 12.5. The second-order valence-electron chi connectivity index (χ2n) is 7.28. The van der Waals surface area contributed by atoms with Crippen molar-refractivity contribution in [1.82, 2.24) is 15.1 Å². The molecule has 5 nitrogen and oxygen atoms in total. The van der Waals surface area contributed by atoms with Crippen LogP contribution < -0.4 is 5.32 Å². The molecule has 25 heavy (non-hydrogen) atoms. The summed E-state index contributed by atoms with van der Waals surface area (Å²) in [6, 6.07) is 10.9. The molecule has 0 radical (unpaired) electrons. The molecule has 2 saturated heterocycles. The van der Waals surface area contributed by atoms with E-state index in [1.165, 1.54) is 12.0 Å². The Morgan fingerprint density at radius 1 is 1.32 bits per heavy atom. The van der Waals surface area contributed by atoms with Gasteiger partial charge in [0.05, 0.1) is 12.6 Å². The molecular formula is C20H31N3O2. The van der Waals surface area contributed by atoms with Gasteiger partial charge < -0.3 is 15.0 Å². The summed E-state index contributed by atoms with van der Waals surface area (Å²) < 4.78 is 5.46. The fraction of sp³-hybridized carbons (Fsp3) is 0.650. The van der Waals surface area contributed by atoms with E-state index in [1.807, 2.05) is 4.90 Å². The maximum absolute atomic E-state index is 12.5. The lowest BCUT2D eigenvalue weighted by Crippen LogP contribution is -2.49. The summed E-state index contributed by atoms with van der Waals surface area (Å²) in [4.78, 5) is 17.0. The summed E-state index contributed by atoms with van der Waals surface area (Å²) in [7, 11) is 0. The molecule has 0 aromatic heterocycles. The van der Waals surface area contributed by atoms with Crippen molar-refractivity contribution in [3.05, 3.63) is 35.9 Å². The highest BCUT2D eigenvalue weighted by atomic mass is 16.5. The molecule has 1 aromatic carbocycles. The molecule has 138 valence electrons. The zero-order chi connectivity index (χ0) is 17.5. The number of amides is 2. The largest absolute Gasteiger partial charge is 0.379 e. The molecule has 0 saturated carbocycles. The predicted molar refractivity (Wildman–Crippen MR) is 99.4 cm³/mol. The van der Waals surface area contributed by atoms with Gasteiger partial charge in [-0.1, -0.05) is 30.3 Å². The number of hydrogen-bond acceptors (Lipinski definition) is 3. The minimum Gasteiger partial charge on any atom is -0.379 e. The van der Waals surface area contributed by atoms with Crippen LogP contribution in [0.3, 0.4) is 0 Å². The van der Waals surface area contributed by atoms with Crippen LogP contribution in [0.25, 0.3) is 0 Å². The lowest BCUT2D eigenvalue weighted by atomic mass is 10.1. The monoisotopic (exact) mass is 345 g/mol. The van der Waals surface area contributed by atoms with E-state index in [-0.39, 0.29) is 12.1 Å². The highest BCUT2D eigenvalue weighted by Crippen LogP contribution is 2.20. The Morgan fingerprint density at radius 2 is 2.16 bits per heavy atom. The number of rotatable bonds is 6. The van der Waals surface area contributed by atoms with E-state index in [9.17, 15) is 4.79 Å². The van der Waals surface area contributed by atoms with Gasteiger partial charge in [-0.2, -0.15) is 0 Å². The van der Waals surface area contributed by atoms with E-state index in [0.29, 0.717) is 12.5 Å². The molecule has 0 unspecified atom stereocenters. The van der Waals surface area contributed by atoms with Crippen molar-refractivity contribution in [3.63, 3.8) is 0 Å². The number of likely N-dealkylation sites (tertiary alicyclic amines) is 1. The first-order chi connectivity index (χ1) is 12.2. The fourth-order valence-electron chi connectivity index (χ4n) is 3.83. The van der Waals surface area contributed by atoms with Crippen LogP contribution in [0.15, 0.2) is 30.3 Å². The topological polar surface area (TPSA) is 44.8 Å². The van der Waals surface area contributed by atoms with Gasteiger partial charge in [-0.3, -0.25) is 4.90 Å². The fourth-order valence-corrected chi connectivity index (χ4v) is 3.83. The summed E-state index contributed by atoms with van der Waals surface area (Å²) in [5, 5.41) is 3.14. The smallest absolute Gasteiger partial charge is 0.317 e.